The lowest BCUT2D eigenvalue weighted by Crippen LogP contribution is -2.22. The molecule has 1 atom stereocenters. The van der Waals surface area contributed by atoms with Crippen molar-refractivity contribution in [2.45, 2.75) is 33.3 Å². The Bertz CT molecular complexity index is 537. The number of nitrogens with zero attached hydrogens (tertiary/aromatic N) is 1. The maximum atomic E-state index is 12.0. The maximum absolute atomic E-state index is 12.0. The number of aliphatic carboxylic acids is 1. The highest BCUT2D eigenvalue weighted by Crippen LogP contribution is 2.19. The molecule has 120 valence electrons. The Labute approximate surface area is 128 Å². The van der Waals surface area contributed by atoms with E-state index in [1.165, 1.54) is 24.3 Å². The first kappa shape index (κ1) is 17.6. The van der Waals surface area contributed by atoms with Gasteiger partial charge in [0, 0.05) is 12.1 Å². The van der Waals surface area contributed by atoms with Gasteiger partial charge in [-0.15, -0.1) is 0 Å². The van der Waals surface area contributed by atoms with Crippen LogP contribution in [0.2, 0.25) is 0 Å². The molecule has 7 heteroatoms. The lowest BCUT2D eigenvalue weighted by molar-refractivity contribution is -0.384. The monoisotopic (exact) mass is 309 g/mol. The number of carboxylic acid groups (broad SMARTS) is 1. The van der Waals surface area contributed by atoms with Gasteiger partial charge >= 0.3 is 11.9 Å². The van der Waals surface area contributed by atoms with Crippen LogP contribution in [-0.2, 0) is 20.9 Å². The smallest absolute Gasteiger partial charge is 0.309 e. The number of hydrogen-bond donors (Lipinski definition) is 1. The van der Waals surface area contributed by atoms with Crippen molar-refractivity contribution in [3.63, 3.8) is 0 Å². The highest BCUT2D eigenvalue weighted by molar-refractivity contribution is 5.79. The van der Waals surface area contributed by atoms with Crippen LogP contribution in [0.4, 0.5) is 5.69 Å². The van der Waals surface area contributed by atoms with E-state index in [2.05, 4.69) is 0 Å². The van der Waals surface area contributed by atoms with Gasteiger partial charge in [0.1, 0.15) is 6.61 Å². The Morgan fingerprint density at radius 1 is 1.27 bits per heavy atom. The molecule has 0 aliphatic heterocycles. The third-order valence-corrected chi connectivity index (χ3v) is 3.04. The van der Waals surface area contributed by atoms with Crippen LogP contribution in [0.5, 0.6) is 0 Å². The van der Waals surface area contributed by atoms with Crippen molar-refractivity contribution in [1.82, 2.24) is 0 Å². The second kappa shape index (κ2) is 8.11. The van der Waals surface area contributed by atoms with Crippen LogP contribution in [-0.4, -0.2) is 22.0 Å². The molecule has 0 spiro atoms. The molecular formula is C15H19NO6. The third-order valence-electron chi connectivity index (χ3n) is 3.04. The van der Waals surface area contributed by atoms with Crippen LogP contribution in [0.15, 0.2) is 24.3 Å². The van der Waals surface area contributed by atoms with Gasteiger partial charge in [-0.3, -0.25) is 19.7 Å². The zero-order valence-electron chi connectivity index (χ0n) is 12.5. The number of carbonyl (C=O) groups is 2. The summed E-state index contributed by atoms with van der Waals surface area (Å²) in [5.41, 5.74) is 0.566. The Morgan fingerprint density at radius 3 is 2.32 bits per heavy atom. The first-order chi connectivity index (χ1) is 10.3. The van der Waals surface area contributed by atoms with E-state index >= 15 is 0 Å². The number of non-ortho nitro benzene ring substituents is 1. The van der Waals surface area contributed by atoms with Gasteiger partial charge in [-0.05, 0) is 30.0 Å². The van der Waals surface area contributed by atoms with E-state index < -0.39 is 22.8 Å². The number of carboxylic acids is 1. The molecule has 0 bridgehead atoms. The van der Waals surface area contributed by atoms with Crippen LogP contribution >= 0.6 is 0 Å². The van der Waals surface area contributed by atoms with Crippen LogP contribution in [0.1, 0.15) is 32.3 Å². The van der Waals surface area contributed by atoms with E-state index in [1.54, 1.807) is 0 Å². The summed E-state index contributed by atoms with van der Waals surface area (Å²) in [6.45, 7) is 3.77. The Kier molecular flexibility index (Phi) is 6.49. The van der Waals surface area contributed by atoms with Gasteiger partial charge in [0.15, 0.2) is 0 Å². The van der Waals surface area contributed by atoms with Crippen LogP contribution in [0.25, 0.3) is 0 Å². The van der Waals surface area contributed by atoms with Crippen molar-refractivity contribution in [2.75, 3.05) is 0 Å². The van der Waals surface area contributed by atoms with Gasteiger partial charge in [-0.1, -0.05) is 13.8 Å². The number of hydrogen-bond acceptors (Lipinski definition) is 5. The van der Waals surface area contributed by atoms with Crippen molar-refractivity contribution in [3.05, 3.63) is 39.9 Å². The van der Waals surface area contributed by atoms with Gasteiger partial charge in [0.2, 0.25) is 0 Å². The van der Waals surface area contributed by atoms with Crippen molar-refractivity contribution < 1.29 is 24.4 Å². The molecule has 1 N–H and O–H groups in total. The summed E-state index contributed by atoms with van der Waals surface area (Å²) in [7, 11) is 0. The summed E-state index contributed by atoms with van der Waals surface area (Å²) in [6, 6.07) is 5.65. The maximum Gasteiger partial charge on any atom is 0.309 e. The summed E-state index contributed by atoms with van der Waals surface area (Å²) in [5.74, 6) is -2.11. The number of nitro benzene ring substituents is 1. The second-order valence-electron chi connectivity index (χ2n) is 5.46. The summed E-state index contributed by atoms with van der Waals surface area (Å²) >= 11 is 0. The zero-order valence-corrected chi connectivity index (χ0v) is 12.5. The van der Waals surface area contributed by atoms with Gasteiger partial charge in [-0.2, -0.15) is 0 Å². The number of ether oxygens (including phenoxy) is 1. The van der Waals surface area contributed by atoms with Gasteiger partial charge < -0.3 is 9.84 Å². The first-order valence-corrected chi connectivity index (χ1v) is 6.91. The zero-order chi connectivity index (χ0) is 16.7. The molecule has 1 aromatic carbocycles. The predicted molar refractivity (Wildman–Crippen MR) is 78.1 cm³/mol. The molecule has 0 aliphatic rings. The lowest BCUT2D eigenvalue weighted by atomic mass is 9.94. The Morgan fingerprint density at radius 2 is 1.86 bits per heavy atom. The van der Waals surface area contributed by atoms with Gasteiger partial charge in [0.25, 0.3) is 5.69 Å². The second-order valence-corrected chi connectivity index (χ2v) is 5.46. The lowest BCUT2D eigenvalue weighted by Gasteiger charge is -2.16. The minimum absolute atomic E-state index is 0.0367. The normalized spacial score (nSPS) is 12.0. The molecule has 0 heterocycles. The molecule has 0 aromatic heterocycles. The number of benzene rings is 1. The molecule has 0 saturated carbocycles. The van der Waals surface area contributed by atoms with E-state index in [1.807, 2.05) is 13.8 Å². The highest BCUT2D eigenvalue weighted by Gasteiger charge is 2.24. The minimum atomic E-state index is -1.04. The Hall–Kier alpha value is -2.44. The van der Waals surface area contributed by atoms with E-state index in [0.29, 0.717) is 12.0 Å². The molecule has 0 fully saturated rings. The van der Waals surface area contributed by atoms with Gasteiger partial charge in [0.05, 0.1) is 17.3 Å². The fourth-order valence-corrected chi connectivity index (χ4v) is 2.03. The Balaban J connectivity index is 2.61. The van der Waals surface area contributed by atoms with E-state index in [4.69, 9.17) is 9.84 Å². The molecule has 0 radical (unpaired) electrons. The van der Waals surface area contributed by atoms with Crippen molar-refractivity contribution in [3.8, 4) is 0 Å². The quantitative estimate of drug-likeness (QED) is 0.449. The molecule has 1 aromatic rings. The van der Waals surface area contributed by atoms with Crippen molar-refractivity contribution in [2.24, 2.45) is 11.8 Å². The number of esters is 1. The summed E-state index contributed by atoms with van der Waals surface area (Å²) < 4.78 is 5.12. The molecule has 7 nitrogen and oxygen atoms in total. The van der Waals surface area contributed by atoms with E-state index in [0.717, 1.165) is 0 Å². The molecule has 22 heavy (non-hydrogen) atoms. The highest BCUT2D eigenvalue weighted by atomic mass is 16.6. The molecule has 1 rings (SSSR count). The SMILES string of the molecule is CC(C)C[C@H](CC(=O)O)C(=O)OCc1ccc([N+](=O)[O-])cc1. The number of carbonyl (C=O) groups excluding carboxylic acids is 1. The third kappa shape index (κ3) is 5.90. The topological polar surface area (TPSA) is 107 Å². The summed E-state index contributed by atoms with van der Waals surface area (Å²) in [6.07, 6.45) is 0.169. The minimum Gasteiger partial charge on any atom is -0.481 e. The largest absolute Gasteiger partial charge is 0.481 e. The average molecular weight is 309 g/mol. The summed E-state index contributed by atoms with van der Waals surface area (Å²) in [4.78, 5) is 32.8. The molecule has 0 unspecified atom stereocenters. The average Bonchev–Trinajstić information content (AvgIpc) is 2.43. The molecular weight excluding hydrogens is 290 g/mol. The fraction of sp³-hybridized carbons (Fsp3) is 0.467. The molecule has 0 amide bonds. The van der Waals surface area contributed by atoms with Crippen LogP contribution in [0, 0.1) is 22.0 Å². The molecule has 0 saturated heterocycles. The van der Waals surface area contributed by atoms with Gasteiger partial charge in [-0.25, -0.2) is 0 Å². The van der Waals surface area contributed by atoms with E-state index in [-0.39, 0.29) is 24.6 Å². The number of nitro groups is 1. The number of rotatable bonds is 8. The fourth-order valence-electron chi connectivity index (χ4n) is 2.03. The van der Waals surface area contributed by atoms with Crippen LogP contribution < -0.4 is 0 Å². The van der Waals surface area contributed by atoms with Crippen molar-refractivity contribution in [1.29, 1.82) is 0 Å². The molecule has 0 aliphatic carbocycles. The summed E-state index contributed by atoms with van der Waals surface area (Å²) in [5, 5.41) is 19.4. The van der Waals surface area contributed by atoms with Crippen LogP contribution in [0.3, 0.4) is 0 Å². The first-order valence-electron chi connectivity index (χ1n) is 6.91. The van der Waals surface area contributed by atoms with Crippen molar-refractivity contribution >= 4 is 17.6 Å². The van der Waals surface area contributed by atoms with E-state index in [9.17, 15) is 19.7 Å². The predicted octanol–water partition coefficient (Wildman–Crippen LogP) is 2.78. The standard InChI is InChI=1S/C15H19NO6/c1-10(2)7-12(8-14(17)18)15(19)22-9-11-3-5-13(6-4-11)16(20)21/h3-6,10,12H,7-9H2,1-2H3,(H,17,18)/t12-/m1/s1.